The lowest BCUT2D eigenvalue weighted by Crippen LogP contribution is -2.44. The maximum absolute atomic E-state index is 12.0. The Morgan fingerprint density at radius 3 is 3.05 bits per heavy atom. The van der Waals surface area contributed by atoms with Gasteiger partial charge in [-0.3, -0.25) is 9.69 Å². The SMILES string of the molecule is O=C(CN1CCCCC1CCO)Nc1ccc(Br)cn1. The minimum absolute atomic E-state index is 0.0512. The summed E-state index contributed by atoms with van der Waals surface area (Å²) in [5, 5.41) is 11.9. The number of carbonyl (C=O) groups excluding carboxylic acids is 1. The van der Waals surface area contributed by atoms with Gasteiger partial charge in [0.25, 0.3) is 0 Å². The molecule has 1 aliphatic rings. The molecule has 2 N–H and O–H groups in total. The van der Waals surface area contributed by atoms with Gasteiger partial charge < -0.3 is 10.4 Å². The maximum atomic E-state index is 12.0. The Kier molecular flexibility index (Phi) is 5.94. The van der Waals surface area contributed by atoms with Crippen molar-refractivity contribution in [2.45, 2.75) is 31.7 Å². The standard InChI is InChI=1S/C14H20BrN3O2/c15-11-4-5-13(16-9-11)17-14(20)10-18-7-2-1-3-12(18)6-8-19/h4-5,9,12,19H,1-3,6-8,10H2,(H,16,17,20). The highest BCUT2D eigenvalue weighted by atomic mass is 79.9. The number of aliphatic hydroxyl groups excluding tert-OH is 1. The van der Waals surface area contributed by atoms with Crippen molar-refractivity contribution in [3.63, 3.8) is 0 Å². The summed E-state index contributed by atoms with van der Waals surface area (Å²) in [5.41, 5.74) is 0. The van der Waals surface area contributed by atoms with Crippen LogP contribution >= 0.6 is 15.9 Å². The molecule has 0 saturated carbocycles. The number of anilines is 1. The van der Waals surface area contributed by atoms with E-state index in [0.717, 1.165) is 30.3 Å². The fraction of sp³-hybridized carbons (Fsp3) is 0.571. The van der Waals surface area contributed by atoms with Crippen LogP contribution in [0.25, 0.3) is 0 Å². The molecule has 0 spiro atoms. The van der Waals surface area contributed by atoms with Crippen molar-refractivity contribution in [3.05, 3.63) is 22.8 Å². The predicted octanol–water partition coefficient (Wildman–Crippen LogP) is 2.02. The van der Waals surface area contributed by atoms with Gasteiger partial charge in [0.2, 0.25) is 5.91 Å². The molecule has 1 unspecified atom stereocenters. The van der Waals surface area contributed by atoms with Crippen LogP contribution in [0.2, 0.25) is 0 Å². The van der Waals surface area contributed by atoms with E-state index in [0.29, 0.717) is 18.4 Å². The van der Waals surface area contributed by atoms with E-state index in [4.69, 9.17) is 5.11 Å². The number of piperidine rings is 1. The summed E-state index contributed by atoms with van der Waals surface area (Å²) in [5.74, 6) is 0.513. The zero-order chi connectivity index (χ0) is 14.4. The van der Waals surface area contributed by atoms with E-state index in [2.05, 4.69) is 31.1 Å². The van der Waals surface area contributed by atoms with Gasteiger partial charge in [0, 0.05) is 23.3 Å². The van der Waals surface area contributed by atoms with E-state index >= 15 is 0 Å². The molecule has 110 valence electrons. The van der Waals surface area contributed by atoms with Crippen LogP contribution < -0.4 is 5.32 Å². The van der Waals surface area contributed by atoms with E-state index in [9.17, 15) is 4.79 Å². The second kappa shape index (κ2) is 7.71. The van der Waals surface area contributed by atoms with Gasteiger partial charge in [-0.2, -0.15) is 0 Å². The highest BCUT2D eigenvalue weighted by Gasteiger charge is 2.23. The first kappa shape index (κ1) is 15.4. The summed E-state index contributed by atoms with van der Waals surface area (Å²) >= 11 is 3.31. The lowest BCUT2D eigenvalue weighted by Gasteiger charge is -2.34. The topological polar surface area (TPSA) is 65.5 Å². The number of rotatable bonds is 5. The molecule has 6 heteroatoms. The van der Waals surface area contributed by atoms with Gasteiger partial charge in [-0.1, -0.05) is 6.42 Å². The maximum Gasteiger partial charge on any atom is 0.239 e. The minimum Gasteiger partial charge on any atom is -0.396 e. The fourth-order valence-corrected chi connectivity index (χ4v) is 2.80. The van der Waals surface area contributed by atoms with Crippen molar-refractivity contribution >= 4 is 27.7 Å². The summed E-state index contributed by atoms with van der Waals surface area (Å²) in [4.78, 5) is 18.3. The fourth-order valence-electron chi connectivity index (χ4n) is 2.56. The van der Waals surface area contributed by atoms with Gasteiger partial charge in [0.1, 0.15) is 5.82 Å². The Labute approximate surface area is 127 Å². The molecule has 1 fully saturated rings. The zero-order valence-electron chi connectivity index (χ0n) is 11.4. The first-order chi connectivity index (χ1) is 9.69. The van der Waals surface area contributed by atoms with Crippen LogP contribution in [0.4, 0.5) is 5.82 Å². The molecule has 1 atom stereocenters. The molecule has 1 saturated heterocycles. The molecule has 0 aliphatic carbocycles. The third kappa shape index (κ3) is 4.54. The van der Waals surface area contributed by atoms with Gasteiger partial charge in [0.05, 0.1) is 6.54 Å². The van der Waals surface area contributed by atoms with E-state index in [-0.39, 0.29) is 12.5 Å². The number of aromatic nitrogens is 1. The Hall–Kier alpha value is -0.980. The van der Waals surface area contributed by atoms with Crippen LogP contribution in [0.1, 0.15) is 25.7 Å². The van der Waals surface area contributed by atoms with Crippen LogP contribution in [0.3, 0.4) is 0 Å². The zero-order valence-corrected chi connectivity index (χ0v) is 13.0. The van der Waals surface area contributed by atoms with Crippen LogP contribution in [0.5, 0.6) is 0 Å². The Bertz CT molecular complexity index is 437. The van der Waals surface area contributed by atoms with Crippen molar-refractivity contribution in [3.8, 4) is 0 Å². The minimum atomic E-state index is -0.0512. The van der Waals surface area contributed by atoms with Gasteiger partial charge in [-0.25, -0.2) is 4.98 Å². The molecule has 1 aromatic heterocycles. The number of nitrogens with zero attached hydrogens (tertiary/aromatic N) is 2. The molecule has 1 amide bonds. The normalized spacial score (nSPS) is 19.8. The average Bonchev–Trinajstić information content (AvgIpc) is 2.44. The molecule has 20 heavy (non-hydrogen) atoms. The molecule has 5 nitrogen and oxygen atoms in total. The third-order valence-corrected chi connectivity index (χ3v) is 4.02. The number of carbonyl (C=O) groups is 1. The summed E-state index contributed by atoms with van der Waals surface area (Å²) in [6, 6.07) is 3.93. The van der Waals surface area contributed by atoms with E-state index in [1.165, 1.54) is 6.42 Å². The first-order valence-corrected chi connectivity index (χ1v) is 7.74. The molecule has 2 heterocycles. The van der Waals surface area contributed by atoms with Crippen molar-refractivity contribution < 1.29 is 9.90 Å². The van der Waals surface area contributed by atoms with Crippen molar-refractivity contribution in [2.75, 3.05) is 25.0 Å². The van der Waals surface area contributed by atoms with Crippen LogP contribution in [-0.2, 0) is 4.79 Å². The number of likely N-dealkylation sites (tertiary alicyclic amines) is 1. The van der Waals surface area contributed by atoms with Crippen LogP contribution in [0.15, 0.2) is 22.8 Å². The second-order valence-corrected chi connectivity index (χ2v) is 5.96. The van der Waals surface area contributed by atoms with Gasteiger partial charge in [-0.15, -0.1) is 0 Å². The number of halogens is 1. The van der Waals surface area contributed by atoms with Crippen molar-refractivity contribution in [2.24, 2.45) is 0 Å². The lowest BCUT2D eigenvalue weighted by molar-refractivity contribution is -0.118. The van der Waals surface area contributed by atoms with Gasteiger partial charge >= 0.3 is 0 Å². The molecule has 0 bridgehead atoms. The Morgan fingerprint density at radius 1 is 1.50 bits per heavy atom. The summed E-state index contributed by atoms with van der Waals surface area (Å²) < 4.78 is 0.884. The predicted molar refractivity (Wildman–Crippen MR) is 81.5 cm³/mol. The third-order valence-electron chi connectivity index (χ3n) is 3.55. The number of amides is 1. The molecular weight excluding hydrogens is 322 g/mol. The molecule has 1 aliphatic heterocycles. The van der Waals surface area contributed by atoms with E-state index in [1.807, 2.05) is 6.07 Å². The summed E-state index contributed by atoms with van der Waals surface area (Å²) in [7, 11) is 0. The van der Waals surface area contributed by atoms with Crippen LogP contribution in [-0.4, -0.2) is 46.6 Å². The second-order valence-electron chi connectivity index (χ2n) is 5.04. The van der Waals surface area contributed by atoms with Crippen molar-refractivity contribution in [1.29, 1.82) is 0 Å². The highest BCUT2D eigenvalue weighted by Crippen LogP contribution is 2.19. The highest BCUT2D eigenvalue weighted by molar-refractivity contribution is 9.10. The number of pyridine rings is 1. The largest absolute Gasteiger partial charge is 0.396 e. The van der Waals surface area contributed by atoms with Crippen molar-refractivity contribution in [1.82, 2.24) is 9.88 Å². The average molecular weight is 342 g/mol. The van der Waals surface area contributed by atoms with E-state index in [1.54, 1.807) is 12.3 Å². The monoisotopic (exact) mass is 341 g/mol. The summed E-state index contributed by atoms with van der Waals surface area (Å²) in [6.07, 6.45) is 5.75. The molecule has 1 aromatic rings. The molecular formula is C14H20BrN3O2. The van der Waals surface area contributed by atoms with Gasteiger partial charge in [-0.05, 0) is 53.9 Å². The molecule has 0 radical (unpaired) electrons. The Morgan fingerprint density at radius 2 is 2.35 bits per heavy atom. The lowest BCUT2D eigenvalue weighted by atomic mass is 10.00. The Balaban J connectivity index is 1.87. The first-order valence-electron chi connectivity index (χ1n) is 6.95. The quantitative estimate of drug-likeness (QED) is 0.859. The smallest absolute Gasteiger partial charge is 0.239 e. The molecule has 0 aromatic carbocycles. The number of nitrogens with one attached hydrogen (secondary N) is 1. The number of hydrogen-bond acceptors (Lipinski definition) is 4. The molecule has 2 rings (SSSR count). The van der Waals surface area contributed by atoms with E-state index < -0.39 is 0 Å². The van der Waals surface area contributed by atoms with Crippen LogP contribution in [0, 0.1) is 0 Å². The van der Waals surface area contributed by atoms with Gasteiger partial charge in [0.15, 0.2) is 0 Å². The number of hydrogen-bond donors (Lipinski definition) is 2. The summed E-state index contributed by atoms with van der Waals surface area (Å²) in [6.45, 7) is 1.46. The number of aliphatic hydroxyl groups is 1.